The molecule has 0 spiro atoms. The van der Waals surface area contributed by atoms with Crippen molar-refractivity contribution in [3.05, 3.63) is 0 Å². The van der Waals surface area contributed by atoms with E-state index in [4.69, 9.17) is 0 Å². The Morgan fingerprint density at radius 2 is 2.05 bits per heavy atom. The van der Waals surface area contributed by atoms with Gasteiger partial charge in [0.25, 0.3) is 0 Å². The smallest absolute Gasteiger partial charge is 0.323 e. The number of aliphatic carboxylic acids is 1. The molecule has 0 bridgehead atoms. The maximum Gasteiger partial charge on any atom is 0.323 e. The first-order valence-electron chi connectivity index (χ1n) is 7.95. The van der Waals surface area contributed by atoms with Crippen molar-refractivity contribution in [2.45, 2.75) is 62.7 Å². The fourth-order valence-electron chi connectivity index (χ4n) is 4.00. The van der Waals surface area contributed by atoms with Gasteiger partial charge in [-0.25, -0.2) is 0 Å². The maximum absolute atomic E-state index is 11.8. The van der Waals surface area contributed by atoms with Crippen LogP contribution in [0.15, 0.2) is 0 Å². The van der Waals surface area contributed by atoms with E-state index in [2.05, 4.69) is 29.1 Å². The van der Waals surface area contributed by atoms with Crippen LogP contribution in [0.4, 0.5) is 0 Å². The lowest BCUT2D eigenvalue weighted by Crippen LogP contribution is -2.56. The third kappa shape index (κ3) is 2.71. The molecule has 0 aromatic carbocycles. The second-order valence-electron chi connectivity index (χ2n) is 7.05. The highest BCUT2D eigenvalue weighted by molar-refractivity contribution is 5.79. The van der Waals surface area contributed by atoms with Gasteiger partial charge < -0.3 is 10.0 Å². The number of carbonyl (C=O) groups is 1. The normalized spacial score (nSPS) is 40.1. The third-order valence-corrected chi connectivity index (χ3v) is 5.31. The third-order valence-electron chi connectivity index (χ3n) is 5.31. The highest BCUT2D eigenvalue weighted by Gasteiger charge is 2.50. The van der Waals surface area contributed by atoms with E-state index in [0.29, 0.717) is 18.1 Å². The molecule has 2 N–H and O–H groups in total. The molecule has 3 unspecified atom stereocenters. The summed E-state index contributed by atoms with van der Waals surface area (Å²) in [6.45, 7) is 5.52. The van der Waals surface area contributed by atoms with Gasteiger partial charge in [0.05, 0.1) is 0 Å². The van der Waals surface area contributed by atoms with Crippen LogP contribution in [0, 0.1) is 0 Å². The molecule has 0 amide bonds. The van der Waals surface area contributed by atoms with Gasteiger partial charge in [-0.05, 0) is 46.1 Å². The number of piperazine rings is 1. The number of likely N-dealkylation sites (N-methyl/N-ethyl adjacent to an activating group) is 1. The van der Waals surface area contributed by atoms with Crippen molar-refractivity contribution < 1.29 is 9.90 Å². The zero-order valence-corrected chi connectivity index (χ0v) is 12.6. The summed E-state index contributed by atoms with van der Waals surface area (Å²) in [5, 5.41) is 13.1. The fraction of sp³-hybridized carbons (Fsp3) is 0.933. The minimum Gasteiger partial charge on any atom is -0.480 e. The number of hydrogen-bond acceptors (Lipinski definition) is 4. The molecule has 1 saturated heterocycles. The highest BCUT2D eigenvalue weighted by atomic mass is 16.4. The molecule has 0 radical (unpaired) electrons. The Bertz CT molecular complexity index is 385. The topological polar surface area (TPSA) is 55.8 Å². The second kappa shape index (κ2) is 5.28. The van der Waals surface area contributed by atoms with Gasteiger partial charge in [0.15, 0.2) is 0 Å². The van der Waals surface area contributed by atoms with E-state index >= 15 is 0 Å². The van der Waals surface area contributed by atoms with Crippen LogP contribution in [-0.4, -0.2) is 71.2 Å². The molecule has 3 aliphatic rings. The molecule has 0 aromatic heterocycles. The van der Waals surface area contributed by atoms with Gasteiger partial charge >= 0.3 is 5.97 Å². The van der Waals surface area contributed by atoms with Crippen LogP contribution in [0.1, 0.15) is 39.0 Å². The van der Waals surface area contributed by atoms with Gasteiger partial charge in [-0.15, -0.1) is 0 Å². The van der Waals surface area contributed by atoms with Gasteiger partial charge in [0.1, 0.15) is 5.54 Å². The summed E-state index contributed by atoms with van der Waals surface area (Å²) in [4.78, 5) is 16.7. The van der Waals surface area contributed by atoms with Crippen LogP contribution < -0.4 is 5.32 Å². The summed E-state index contributed by atoms with van der Waals surface area (Å²) in [6, 6.07) is 1.42. The molecule has 114 valence electrons. The number of hydrogen-bond donors (Lipinski definition) is 2. The van der Waals surface area contributed by atoms with Crippen LogP contribution in [0.3, 0.4) is 0 Å². The van der Waals surface area contributed by atoms with E-state index in [0.717, 1.165) is 51.7 Å². The van der Waals surface area contributed by atoms with E-state index < -0.39 is 11.5 Å². The first-order chi connectivity index (χ1) is 9.50. The van der Waals surface area contributed by atoms with Crippen molar-refractivity contribution in [1.29, 1.82) is 0 Å². The quantitative estimate of drug-likeness (QED) is 0.796. The van der Waals surface area contributed by atoms with Crippen molar-refractivity contribution in [3.8, 4) is 0 Å². The van der Waals surface area contributed by atoms with Gasteiger partial charge in [-0.3, -0.25) is 15.0 Å². The molecule has 0 aromatic rings. The van der Waals surface area contributed by atoms with E-state index in [1.165, 1.54) is 0 Å². The lowest BCUT2D eigenvalue weighted by Gasteiger charge is -2.42. The Morgan fingerprint density at radius 3 is 2.65 bits per heavy atom. The summed E-state index contributed by atoms with van der Waals surface area (Å²) in [5.74, 6) is -0.645. The maximum atomic E-state index is 11.8. The molecular weight excluding hydrogens is 254 g/mol. The van der Waals surface area contributed by atoms with E-state index in [9.17, 15) is 9.90 Å². The summed E-state index contributed by atoms with van der Waals surface area (Å²) in [7, 11) is 2.17. The lowest BCUT2D eigenvalue weighted by atomic mass is 9.96. The summed E-state index contributed by atoms with van der Waals surface area (Å²) < 4.78 is 0. The van der Waals surface area contributed by atoms with Gasteiger partial charge in [-0.1, -0.05) is 0 Å². The van der Waals surface area contributed by atoms with Crippen molar-refractivity contribution in [2.24, 2.45) is 0 Å². The minimum absolute atomic E-state index is 0.432. The van der Waals surface area contributed by atoms with Crippen molar-refractivity contribution in [1.82, 2.24) is 15.1 Å². The van der Waals surface area contributed by atoms with E-state index in [-0.39, 0.29) is 0 Å². The van der Waals surface area contributed by atoms with Crippen molar-refractivity contribution in [3.63, 3.8) is 0 Å². The molecule has 20 heavy (non-hydrogen) atoms. The number of rotatable bonds is 4. The Hall–Kier alpha value is -0.650. The average Bonchev–Trinajstić information content (AvgIpc) is 3.07. The standard InChI is InChI=1S/C15H27N3O2/c1-11-10-17(2)7-8-18(11)13-5-6-15(9-13,14(19)20)16-12-3-4-12/h11-13,16H,3-10H2,1-2H3,(H,19,20). The van der Waals surface area contributed by atoms with Gasteiger partial charge in [-0.2, -0.15) is 0 Å². The van der Waals surface area contributed by atoms with Crippen LogP contribution in [-0.2, 0) is 4.79 Å². The Labute approximate surface area is 121 Å². The Kier molecular flexibility index (Phi) is 3.77. The largest absolute Gasteiger partial charge is 0.480 e. The molecule has 5 heteroatoms. The average molecular weight is 281 g/mol. The lowest BCUT2D eigenvalue weighted by molar-refractivity contribution is -0.145. The summed E-state index contributed by atoms with van der Waals surface area (Å²) in [5.41, 5.74) is -0.658. The molecule has 1 heterocycles. The molecule has 3 fully saturated rings. The number of carboxylic acid groups (broad SMARTS) is 1. The van der Waals surface area contributed by atoms with Crippen LogP contribution in [0.2, 0.25) is 0 Å². The first-order valence-corrected chi connectivity index (χ1v) is 7.95. The summed E-state index contributed by atoms with van der Waals surface area (Å²) in [6.07, 6.45) is 4.85. The fourth-order valence-corrected chi connectivity index (χ4v) is 4.00. The van der Waals surface area contributed by atoms with Crippen molar-refractivity contribution >= 4 is 5.97 Å². The molecule has 3 rings (SSSR count). The zero-order chi connectivity index (χ0) is 14.3. The molecule has 2 saturated carbocycles. The van der Waals surface area contributed by atoms with Crippen LogP contribution in [0.5, 0.6) is 0 Å². The number of nitrogens with one attached hydrogen (secondary N) is 1. The summed E-state index contributed by atoms with van der Waals surface area (Å²) >= 11 is 0. The Balaban J connectivity index is 1.66. The number of carboxylic acids is 1. The highest BCUT2D eigenvalue weighted by Crippen LogP contribution is 2.37. The first kappa shape index (κ1) is 14.3. The van der Waals surface area contributed by atoms with Gasteiger partial charge in [0.2, 0.25) is 0 Å². The Morgan fingerprint density at radius 1 is 1.30 bits per heavy atom. The molecule has 2 aliphatic carbocycles. The SMILES string of the molecule is CC1CN(C)CCN1C1CCC(NC2CC2)(C(=O)O)C1. The zero-order valence-electron chi connectivity index (χ0n) is 12.6. The molecule has 1 aliphatic heterocycles. The van der Waals surface area contributed by atoms with Crippen molar-refractivity contribution in [2.75, 3.05) is 26.7 Å². The predicted molar refractivity (Wildman–Crippen MR) is 77.8 cm³/mol. The van der Waals surface area contributed by atoms with E-state index in [1.807, 2.05) is 0 Å². The predicted octanol–water partition coefficient (Wildman–Crippen LogP) is 0.750. The van der Waals surface area contributed by atoms with Crippen LogP contribution >= 0.6 is 0 Å². The monoisotopic (exact) mass is 281 g/mol. The molecular formula is C15H27N3O2. The van der Waals surface area contributed by atoms with Crippen LogP contribution in [0.25, 0.3) is 0 Å². The van der Waals surface area contributed by atoms with E-state index in [1.54, 1.807) is 0 Å². The van der Waals surface area contributed by atoms with Gasteiger partial charge in [0, 0.05) is 37.8 Å². The molecule has 5 nitrogen and oxygen atoms in total. The molecule has 3 atom stereocenters. The minimum atomic E-state index is -0.658. The second-order valence-corrected chi connectivity index (χ2v) is 7.05. The number of nitrogens with zero attached hydrogens (tertiary/aromatic N) is 2.